The van der Waals surface area contributed by atoms with Crippen LogP contribution in [0.1, 0.15) is 24.0 Å². The molecule has 0 heterocycles. The van der Waals surface area contributed by atoms with Gasteiger partial charge < -0.3 is 10.5 Å². The molecule has 1 rings (SSSR count). The fourth-order valence-corrected chi connectivity index (χ4v) is 2.99. The van der Waals surface area contributed by atoms with Gasteiger partial charge in [-0.15, -0.1) is 0 Å². The molecule has 7 heteroatoms. The molecular weight excluding hydrogens is 296 g/mol. The van der Waals surface area contributed by atoms with Crippen LogP contribution in [0.4, 0.5) is 0 Å². The Morgan fingerprint density at radius 1 is 1.40 bits per heavy atom. The van der Waals surface area contributed by atoms with Gasteiger partial charge in [-0.1, -0.05) is 30.4 Å². The summed E-state index contributed by atoms with van der Waals surface area (Å²) < 4.78 is 31.3. The number of hydrogen-bond donors (Lipinski definition) is 2. The monoisotopic (exact) mass is 316 g/mol. The smallest absolute Gasteiger partial charge is 0.215 e. The fraction of sp³-hybridized carbons (Fsp3) is 0.462. The van der Waals surface area contributed by atoms with Gasteiger partial charge in [0, 0.05) is 25.8 Å². The maximum absolute atomic E-state index is 11.9. The minimum atomic E-state index is -3.34. The van der Waals surface area contributed by atoms with Crippen LogP contribution in [0.3, 0.4) is 0 Å². The molecular formula is C13H20N2O3S2. The molecule has 0 aliphatic heterocycles. The molecule has 0 aliphatic rings. The van der Waals surface area contributed by atoms with E-state index in [1.165, 1.54) is 0 Å². The molecule has 0 saturated carbocycles. The van der Waals surface area contributed by atoms with Crippen LogP contribution in [0.15, 0.2) is 24.3 Å². The molecule has 0 radical (unpaired) electrons. The van der Waals surface area contributed by atoms with Crippen molar-refractivity contribution in [2.24, 2.45) is 5.73 Å². The summed E-state index contributed by atoms with van der Waals surface area (Å²) in [6.07, 6.45) is 1.58. The van der Waals surface area contributed by atoms with Crippen molar-refractivity contribution >= 4 is 27.2 Å². The Morgan fingerprint density at radius 2 is 2.15 bits per heavy atom. The highest BCUT2D eigenvalue weighted by Gasteiger charge is 2.11. The first-order valence-electron chi connectivity index (χ1n) is 6.29. The summed E-state index contributed by atoms with van der Waals surface area (Å²) in [5.74, 6) is -0.0757. The standard InChI is InChI=1S/C13H20N2O3S2/c1-18-8-3-2-7-15-20(16,17)10-11-5-4-6-12(9-11)13(14)19/h4-6,9,15H,2-3,7-8,10H2,1H3,(H2,14,19). The lowest BCUT2D eigenvalue weighted by Crippen LogP contribution is -2.26. The van der Waals surface area contributed by atoms with Crippen LogP contribution in [0.2, 0.25) is 0 Å². The Kier molecular flexibility index (Phi) is 7.08. The Bertz CT molecular complexity index is 544. The molecule has 3 N–H and O–H groups in total. The van der Waals surface area contributed by atoms with Gasteiger partial charge in [-0.05, 0) is 24.5 Å². The molecule has 1 aromatic rings. The Hall–Kier alpha value is -1.02. The van der Waals surface area contributed by atoms with Crippen LogP contribution in [0, 0.1) is 0 Å². The first-order valence-corrected chi connectivity index (χ1v) is 8.35. The Balaban J connectivity index is 2.53. The number of sulfonamides is 1. The third-order valence-corrected chi connectivity index (χ3v) is 4.26. The van der Waals surface area contributed by atoms with Crippen LogP contribution in [0.5, 0.6) is 0 Å². The number of ether oxygens (including phenoxy) is 1. The van der Waals surface area contributed by atoms with Gasteiger partial charge in [0.05, 0.1) is 5.75 Å². The Labute approximate surface area is 125 Å². The highest BCUT2D eigenvalue weighted by atomic mass is 32.2. The highest BCUT2D eigenvalue weighted by molar-refractivity contribution is 7.88. The molecule has 0 atom stereocenters. The third-order valence-electron chi connectivity index (χ3n) is 2.67. The maximum atomic E-state index is 11.9. The predicted molar refractivity (Wildman–Crippen MR) is 84.1 cm³/mol. The lowest BCUT2D eigenvalue weighted by molar-refractivity contribution is 0.193. The lowest BCUT2D eigenvalue weighted by atomic mass is 10.1. The molecule has 112 valence electrons. The molecule has 0 aromatic heterocycles. The second-order valence-electron chi connectivity index (χ2n) is 4.42. The Morgan fingerprint density at radius 3 is 2.80 bits per heavy atom. The third kappa shape index (κ3) is 6.42. The molecule has 0 unspecified atom stereocenters. The second kappa shape index (κ2) is 8.31. The summed E-state index contributed by atoms with van der Waals surface area (Å²) in [7, 11) is -1.72. The van der Waals surface area contributed by atoms with Crippen molar-refractivity contribution < 1.29 is 13.2 Å². The van der Waals surface area contributed by atoms with Gasteiger partial charge in [0.2, 0.25) is 10.0 Å². The van der Waals surface area contributed by atoms with E-state index in [9.17, 15) is 8.42 Å². The molecule has 0 bridgehead atoms. The molecule has 0 spiro atoms. The minimum Gasteiger partial charge on any atom is -0.389 e. The van der Waals surface area contributed by atoms with Gasteiger partial charge in [-0.2, -0.15) is 0 Å². The molecule has 20 heavy (non-hydrogen) atoms. The largest absolute Gasteiger partial charge is 0.389 e. The summed E-state index contributed by atoms with van der Waals surface area (Å²) in [6, 6.07) is 6.95. The number of nitrogens with two attached hydrogens (primary N) is 1. The van der Waals surface area contributed by atoms with E-state index in [1.54, 1.807) is 31.4 Å². The summed E-state index contributed by atoms with van der Waals surface area (Å²) in [6.45, 7) is 1.05. The van der Waals surface area contributed by atoms with E-state index >= 15 is 0 Å². The van der Waals surface area contributed by atoms with Crippen LogP contribution in [-0.4, -0.2) is 33.7 Å². The topological polar surface area (TPSA) is 81.4 Å². The van der Waals surface area contributed by atoms with E-state index in [4.69, 9.17) is 22.7 Å². The van der Waals surface area contributed by atoms with E-state index < -0.39 is 10.0 Å². The van der Waals surface area contributed by atoms with Crippen molar-refractivity contribution in [2.75, 3.05) is 20.3 Å². The van der Waals surface area contributed by atoms with Crippen molar-refractivity contribution in [3.05, 3.63) is 35.4 Å². The van der Waals surface area contributed by atoms with E-state index in [0.29, 0.717) is 24.3 Å². The van der Waals surface area contributed by atoms with Crippen molar-refractivity contribution in [2.45, 2.75) is 18.6 Å². The van der Waals surface area contributed by atoms with Gasteiger partial charge in [-0.25, -0.2) is 13.1 Å². The van der Waals surface area contributed by atoms with E-state index in [-0.39, 0.29) is 10.7 Å². The first kappa shape index (κ1) is 17.0. The molecule has 5 nitrogen and oxygen atoms in total. The van der Waals surface area contributed by atoms with Crippen molar-refractivity contribution in [3.63, 3.8) is 0 Å². The predicted octanol–water partition coefficient (Wildman–Crippen LogP) is 1.17. The summed E-state index contributed by atoms with van der Waals surface area (Å²) >= 11 is 4.87. The van der Waals surface area contributed by atoms with Crippen LogP contribution in [0.25, 0.3) is 0 Å². The van der Waals surface area contributed by atoms with Crippen LogP contribution >= 0.6 is 12.2 Å². The normalized spacial score (nSPS) is 11.4. The number of methoxy groups -OCH3 is 1. The van der Waals surface area contributed by atoms with E-state index in [1.807, 2.05) is 0 Å². The number of nitrogens with one attached hydrogen (secondary N) is 1. The molecule has 0 amide bonds. The van der Waals surface area contributed by atoms with E-state index in [2.05, 4.69) is 4.72 Å². The number of hydrogen-bond acceptors (Lipinski definition) is 4. The highest BCUT2D eigenvalue weighted by Crippen LogP contribution is 2.09. The first-order chi connectivity index (χ1) is 9.44. The van der Waals surface area contributed by atoms with E-state index in [0.717, 1.165) is 12.8 Å². The zero-order chi connectivity index (χ0) is 15.0. The molecule has 0 saturated heterocycles. The SMILES string of the molecule is COCCCCNS(=O)(=O)Cc1cccc(C(N)=S)c1. The fourth-order valence-electron chi connectivity index (χ4n) is 1.68. The summed E-state index contributed by atoms with van der Waals surface area (Å²) in [4.78, 5) is 0.261. The van der Waals surface area contributed by atoms with Gasteiger partial charge in [0.15, 0.2) is 0 Å². The van der Waals surface area contributed by atoms with Gasteiger partial charge in [0.25, 0.3) is 0 Å². The average molecular weight is 316 g/mol. The zero-order valence-corrected chi connectivity index (χ0v) is 13.1. The lowest BCUT2D eigenvalue weighted by Gasteiger charge is -2.08. The molecule has 0 aliphatic carbocycles. The second-order valence-corrected chi connectivity index (χ2v) is 6.66. The van der Waals surface area contributed by atoms with Crippen LogP contribution in [-0.2, 0) is 20.5 Å². The number of benzene rings is 1. The van der Waals surface area contributed by atoms with Crippen molar-refractivity contribution in [3.8, 4) is 0 Å². The molecule has 1 aromatic carbocycles. The summed E-state index contributed by atoms with van der Waals surface area (Å²) in [5.41, 5.74) is 6.87. The maximum Gasteiger partial charge on any atom is 0.215 e. The molecule has 0 fully saturated rings. The number of rotatable bonds is 9. The quantitative estimate of drug-likeness (QED) is 0.528. The van der Waals surface area contributed by atoms with Crippen molar-refractivity contribution in [1.82, 2.24) is 4.72 Å². The van der Waals surface area contributed by atoms with Gasteiger partial charge in [-0.3, -0.25) is 0 Å². The number of thiocarbonyl (C=S) groups is 1. The number of unbranched alkanes of at least 4 members (excludes halogenated alkanes) is 1. The van der Waals surface area contributed by atoms with Crippen molar-refractivity contribution in [1.29, 1.82) is 0 Å². The zero-order valence-electron chi connectivity index (χ0n) is 11.5. The summed E-state index contributed by atoms with van der Waals surface area (Å²) in [5, 5.41) is 0. The van der Waals surface area contributed by atoms with Gasteiger partial charge in [0.1, 0.15) is 4.99 Å². The van der Waals surface area contributed by atoms with Crippen LogP contribution < -0.4 is 10.5 Å². The minimum absolute atomic E-state index is 0.0757. The van der Waals surface area contributed by atoms with Gasteiger partial charge >= 0.3 is 0 Å². The average Bonchev–Trinajstić information content (AvgIpc) is 2.38.